The predicted molar refractivity (Wildman–Crippen MR) is 58.9 cm³/mol. The van der Waals surface area contributed by atoms with Crippen LogP contribution in [0.4, 0.5) is 0 Å². The van der Waals surface area contributed by atoms with Crippen molar-refractivity contribution in [1.29, 1.82) is 0 Å². The van der Waals surface area contributed by atoms with Gasteiger partial charge in [-0.2, -0.15) is 0 Å². The fourth-order valence-corrected chi connectivity index (χ4v) is 0. The molecule has 4 nitrogen and oxygen atoms in total. The first-order valence-electron chi connectivity index (χ1n) is 0.783. The van der Waals surface area contributed by atoms with Crippen molar-refractivity contribution in [3.63, 3.8) is 0 Å². The molecule has 12 heteroatoms. The van der Waals surface area contributed by atoms with E-state index >= 15 is 0 Å². The molecule has 0 radical (unpaired) electrons. The molecule has 0 atom stereocenters. The van der Waals surface area contributed by atoms with Gasteiger partial charge in [0.1, 0.15) is 0 Å². The SMILES string of the molecule is Cl.Cl.Cl.Cl.Cl.Cl.O=P(O)(O)O.[H-].[Li+]. The largest absolute Gasteiger partial charge is 1.00 e. The van der Waals surface area contributed by atoms with Crippen molar-refractivity contribution in [2.24, 2.45) is 0 Å². The standard InChI is InChI=1S/6ClH.Li.H3O4P.H/c;;;;;;;1-5(2,3)4;/h6*1H;;(H3,1,2,3,4);/q;;;;;;+1;;-1. The summed E-state index contributed by atoms with van der Waals surface area (Å²) in [6.45, 7) is 0. The molecular weight excluding hydrogens is 315 g/mol. The van der Waals surface area contributed by atoms with Gasteiger partial charge < -0.3 is 16.1 Å². The van der Waals surface area contributed by atoms with Gasteiger partial charge in [-0.15, -0.1) is 74.4 Å². The Morgan fingerprint density at radius 2 is 0.750 bits per heavy atom. The third-order valence-corrected chi connectivity index (χ3v) is 0. The second-order valence-electron chi connectivity index (χ2n) is 0.513. The van der Waals surface area contributed by atoms with E-state index in [1.165, 1.54) is 0 Å². The zero-order valence-electron chi connectivity index (χ0n) is 6.65. The molecule has 0 aromatic heterocycles. The van der Waals surface area contributed by atoms with Gasteiger partial charge in [0.25, 0.3) is 0 Å². The smallest absolute Gasteiger partial charge is 1.00 e. The molecule has 0 spiro atoms. The molecular formula is H10Cl6LiO4P. The minimum absolute atomic E-state index is 0. The van der Waals surface area contributed by atoms with Crippen molar-refractivity contribution in [3.8, 4) is 0 Å². The van der Waals surface area contributed by atoms with Crippen LogP contribution in [0.15, 0.2) is 0 Å². The summed E-state index contributed by atoms with van der Waals surface area (Å²) in [4.78, 5) is 21.6. The molecule has 12 heavy (non-hydrogen) atoms. The molecule has 0 aromatic rings. The van der Waals surface area contributed by atoms with E-state index in [4.69, 9.17) is 19.2 Å². The number of halogens is 6. The Labute approximate surface area is 121 Å². The predicted octanol–water partition coefficient (Wildman–Crippen LogP) is -1.28. The van der Waals surface area contributed by atoms with Gasteiger partial charge >= 0.3 is 26.7 Å². The zero-order chi connectivity index (χ0) is 4.50. The molecule has 0 saturated carbocycles. The second-order valence-corrected chi connectivity index (χ2v) is 1.54. The van der Waals surface area contributed by atoms with E-state index in [0.29, 0.717) is 0 Å². The summed E-state index contributed by atoms with van der Waals surface area (Å²) in [5, 5.41) is 0. The molecule has 0 fully saturated rings. The van der Waals surface area contributed by atoms with Gasteiger partial charge in [0, 0.05) is 0 Å². The topological polar surface area (TPSA) is 77.8 Å². The van der Waals surface area contributed by atoms with Gasteiger partial charge in [0.2, 0.25) is 0 Å². The summed E-state index contributed by atoms with van der Waals surface area (Å²) in [6.07, 6.45) is 0. The van der Waals surface area contributed by atoms with Crippen molar-refractivity contribution >= 4 is 82.3 Å². The van der Waals surface area contributed by atoms with Gasteiger partial charge in [-0.05, 0) is 0 Å². The molecule has 0 heterocycles. The van der Waals surface area contributed by atoms with Gasteiger partial charge in [-0.3, -0.25) is 0 Å². The Hall–Kier alpha value is 2.45. The van der Waals surface area contributed by atoms with Crippen LogP contribution in [0.2, 0.25) is 0 Å². The first-order valence-corrected chi connectivity index (χ1v) is 2.35. The maximum Gasteiger partial charge on any atom is 1.00 e. The molecule has 0 aliphatic rings. The van der Waals surface area contributed by atoms with E-state index in [1.807, 2.05) is 0 Å². The Kier molecular flexibility index (Phi) is 153. The van der Waals surface area contributed by atoms with E-state index in [1.54, 1.807) is 0 Å². The third-order valence-electron chi connectivity index (χ3n) is 0. The van der Waals surface area contributed by atoms with Crippen LogP contribution in [-0.4, -0.2) is 14.7 Å². The molecule has 0 rings (SSSR count). The molecule has 0 aromatic carbocycles. The van der Waals surface area contributed by atoms with E-state index in [2.05, 4.69) is 0 Å². The molecule has 0 amide bonds. The Bertz CT molecular complexity index is 70.8. The summed E-state index contributed by atoms with van der Waals surface area (Å²) in [5.74, 6) is 0. The van der Waals surface area contributed by atoms with Crippen LogP contribution in [0.3, 0.4) is 0 Å². The molecule has 0 saturated heterocycles. The average molecular weight is 325 g/mol. The summed E-state index contributed by atoms with van der Waals surface area (Å²) in [6, 6.07) is 0. The first-order chi connectivity index (χ1) is 2.00. The van der Waals surface area contributed by atoms with Gasteiger partial charge in [0.15, 0.2) is 0 Å². The van der Waals surface area contributed by atoms with Crippen LogP contribution in [0.25, 0.3) is 0 Å². The van der Waals surface area contributed by atoms with Crippen molar-refractivity contribution in [2.45, 2.75) is 0 Å². The molecule has 0 aliphatic heterocycles. The summed E-state index contributed by atoms with van der Waals surface area (Å²) in [5.41, 5.74) is 0. The first kappa shape index (κ1) is 62.8. The Morgan fingerprint density at radius 1 is 0.750 bits per heavy atom. The van der Waals surface area contributed by atoms with Crippen LogP contribution in [0, 0.1) is 0 Å². The third kappa shape index (κ3) is 272. The van der Waals surface area contributed by atoms with E-state index in [0.717, 1.165) is 0 Å². The fourth-order valence-electron chi connectivity index (χ4n) is 0. The quantitative estimate of drug-likeness (QED) is 0.383. The molecule has 82 valence electrons. The van der Waals surface area contributed by atoms with E-state index in [-0.39, 0.29) is 94.7 Å². The van der Waals surface area contributed by atoms with Crippen LogP contribution in [-0.2, 0) is 4.57 Å². The summed E-state index contributed by atoms with van der Waals surface area (Å²) in [7, 11) is -4.64. The van der Waals surface area contributed by atoms with Crippen LogP contribution < -0.4 is 18.9 Å². The van der Waals surface area contributed by atoms with Crippen LogP contribution >= 0.6 is 82.3 Å². The van der Waals surface area contributed by atoms with Crippen LogP contribution in [0.1, 0.15) is 1.43 Å². The molecule has 0 aliphatic carbocycles. The maximum atomic E-state index is 8.88. The molecule has 0 bridgehead atoms. The summed E-state index contributed by atoms with van der Waals surface area (Å²) >= 11 is 0. The minimum Gasteiger partial charge on any atom is -1.00 e. The minimum atomic E-state index is -4.64. The summed E-state index contributed by atoms with van der Waals surface area (Å²) < 4.78 is 8.88. The van der Waals surface area contributed by atoms with E-state index in [9.17, 15) is 0 Å². The van der Waals surface area contributed by atoms with Crippen molar-refractivity contribution in [3.05, 3.63) is 0 Å². The number of hydrogen-bond donors (Lipinski definition) is 3. The van der Waals surface area contributed by atoms with Gasteiger partial charge in [-0.1, -0.05) is 0 Å². The van der Waals surface area contributed by atoms with Crippen LogP contribution in [0.5, 0.6) is 0 Å². The number of phosphoric acid groups is 1. The fraction of sp³-hybridized carbons (Fsp3) is 0. The number of rotatable bonds is 0. The second kappa shape index (κ2) is 29.2. The molecule has 3 N–H and O–H groups in total. The van der Waals surface area contributed by atoms with Crippen molar-refractivity contribution in [2.75, 3.05) is 0 Å². The monoisotopic (exact) mass is 322 g/mol. The maximum absolute atomic E-state index is 8.88. The van der Waals surface area contributed by atoms with E-state index < -0.39 is 7.82 Å². The van der Waals surface area contributed by atoms with Gasteiger partial charge in [-0.25, -0.2) is 4.57 Å². The normalized spacial score (nSPS) is 4.92. The van der Waals surface area contributed by atoms with Crippen molar-refractivity contribution in [1.82, 2.24) is 0 Å². The van der Waals surface area contributed by atoms with Gasteiger partial charge in [0.05, 0.1) is 0 Å². The Morgan fingerprint density at radius 3 is 0.750 bits per heavy atom. The Balaban J connectivity index is -0.00000000286. The zero-order valence-corrected chi connectivity index (χ0v) is 11.4. The molecule has 0 unspecified atom stereocenters. The average Bonchev–Trinajstić information content (AvgIpc) is 0.722. The number of hydrogen-bond acceptors (Lipinski definition) is 1. The van der Waals surface area contributed by atoms with Crippen molar-refractivity contribution < 1.29 is 39.5 Å².